The van der Waals surface area contributed by atoms with Crippen LogP contribution in [0.4, 0.5) is 5.69 Å². The van der Waals surface area contributed by atoms with Crippen LogP contribution in [0.1, 0.15) is 37.6 Å². The third-order valence-corrected chi connectivity index (χ3v) is 5.34. The molecule has 3 aromatic rings. The van der Waals surface area contributed by atoms with Crippen LogP contribution in [-0.2, 0) is 0 Å². The van der Waals surface area contributed by atoms with E-state index in [2.05, 4.69) is 23.3 Å². The van der Waals surface area contributed by atoms with Gasteiger partial charge in [0, 0.05) is 16.8 Å². The van der Waals surface area contributed by atoms with Crippen LogP contribution in [0.3, 0.4) is 0 Å². The molecule has 1 amide bonds. The van der Waals surface area contributed by atoms with Crippen molar-refractivity contribution < 1.29 is 4.79 Å². The van der Waals surface area contributed by atoms with Gasteiger partial charge in [0.15, 0.2) is 0 Å². The lowest BCUT2D eigenvalue weighted by Gasteiger charge is -2.11. The van der Waals surface area contributed by atoms with E-state index in [0.717, 1.165) is 43.2 Å². The third kappa shape index (κ3) is 2.75. The summed E-state index contributed by atoms with van der Waals surface area (Å²) < 4.78 is 0. The molecule has 0 aliphatic heterocycles. The van der Waals surface area contributed by atoms with Crippen LogP contribution in [0, 0.1) is 34.6 Å². The highest BCUT2D eigenvalue weighted by Crippen LogP contribution is 2.33. The number of aromatic nitrogens is 1. The highest BCUT2D eigenvalue weighted by molar-refractivity contribution is 7.20. The Morgan fingerprint density at radius 3 is 2.35 bits per heavy atom. The van der Waals surface area contributed by atoms with Crippen molar-refractivity contribution in [2.75, 3.05) is 5.32 Å². The van der Waals surface area contributed by atoms with Crippen LogP contribution < -0.4 is 5.32 Å². The van der Waals surface area contributed by atoms with E-state index in [1.165, 1.54) is 16.9 Å². The Morgan fingerprint density at radius 1 is 1.04 bits per heavy atom. The number of anilines is 1. The first kappa shape index (κ1) is 15.7. The smallest absolute Gasteiger partial charge is 0.266 e. The molecule has 0 atom stereocenters. The summed E-state index contributed by atoms with van der Waals surface area (Å²) in [6.07, 6.45) is 0. The predicted molar refractivity (Wildman–Crippen MR) is 97.7 cm³/mol. The van der Waals surface area contributed by atoms with Crippen molar-refractivity contribution in [1.82, 2.24) is 4.98 Å². The predicted octanol–water partition coefficient (Wildman–Crippen LogP) is 5.09. The summed E-state index contributed by atoms with van der Waals surface area (Å²) in [5, 5.41) is 4.18. The molecule has 0 bridgehead atoms. The Bertz CT molecular complexity index is 905. The number of nitrogens with one attached hydrogen (secondary N) is 1. The van der Waals surface area contributed by atoms with E-state index in [1.807, 2.05) is 45.9 Å². The molecule has 3 rings (SSSR count). The van der Waals surface area contributed by atoms with Gasteiger partial charge in [-0.15, -0.1) is 11.3 Å². The maximum atomic E-state index is 12.8. The topological polar surface area (TPSA) is 42.0 Å². The molecule has 0 spiro atoms. The number of amides is 1. The van der Waals surface area contributed by atoms with Crippen molar-refractivity contribution in [1.29, 1.82) is 0 Å². The van der Waals surface area contributed by atoms with E-state index in [0.29, 0.717) is 0 Å². The fourth-order valence-electron chi connectivity index (χ4n) is 3.02. The fraction of sp³-hybridized carbons (Fsp3) is 0.263. The van der Waals surface area contributed by atoms with Crippen LogP contribution >= 0.6 is 11.3 Å². The molecule has 0 fully saturated rings. The normalized spacial score (nSPS) is 11.0. The number of benzene rings is 1. The number of thiophene rings is 1. The number of rotatable bonds is 2. The quantitative estimate of drug-likeness (QED) is 0.713. The summed E-state index contributed by atoms with van der Waals surface area (Å²) in [5.41, 5.74) is 6.21. The van der Waals surface area contributed by atoms with Crippen molar-refractivity contribution >= 4 is 33.1 Å². The average Bonchev–Trinajstić information content (AvgIpc) is 2.80. The van der Waals surface area contributed by atoms with E-state index in [4.69, 9.17) is 0 Å². The monoisotopic (exact) mass is 324 g/mol. The Labute approximate surface area is 140 Å². The molecule has 2 aromatic heterocycles. The van der Waals surface area contributed by atoms with Gasteiger partial charge in [0.25, 0.3) is 5.91 Å². The molecule has 118 valence electrons. The minimum atomic E-state index is -0.0556. The summed E-state index contributed by atoms with van der Waals surface area (Å²) in [4.78, 5) is 19.0. The van der Waals surface area contributed by atoms with Crippen LogP contribution in [0.5, 0.6) is 0 Å². The number of fused-ring (bicyclic) bond motifs is 1. The van der Waals surface area contributed by atoms with Crippen LogP contribution in [0.25, 0.3) is 10.2 Å². The molecule has 3 nitrogen and oxygen atoms in total. The van der Waals surface area contributed by atoms with Gasteiger partial charge in [-0.25, -0.2) is 4.98 Å². The molecule has 0 aliphatic carbocycles. The van der Waals surface area contributed by atoms with E-state index >= 15 is 0 Å². The number of hydrogen-bond donors (Lipinski definition) is 1. The van der Waals surface area contributed by atoms with Gasteiger partial charge in [-0.1, -0.05) is 18.2 Å². The van der Waals surface area contributed by atoms with Gasteiger partial charge < -0.3 is 5.32 Å². The zero-order valence-electron chi connectivity index (χ0n) is 14.1. The molecule has 1 N–H and O–H groups in total. The Morgan fingerprint density at radius 2 is 1.70 bits per heavy atom. The molecule has 2 heterocycles. The lowest BCUT2D eigenvalue weighted by molar-refractivity contribution is 0.103. The molecule has 0 saturated carbocycles. The second-order valence-electron chi connectivity index (χ2n) is 6.04. The first-order valence-electron chi connectivity index (χ1n) is 7.63. The number of hydrogen-bond acceptors (Lipinski definition) is 3. The number of para-hydroxylation sites is 1. The second-order valence-corrected chi connectivity index (χ2v) is 7.04. The van der Waals surface area contributed by atoms with Gasteiger partial charge in [0.05, 0.1) is 4.88 Å². The minimum absolute atomic E-state index is 0.0556. The van der Waals surface area contributed by atoms with Gasteiger partial charge in [0.2, 0.25) is 0 Å². The number of carbonyl (C=O) groups excluding carboxylic acids is 1. The second kappa shape index (κ2) is 5.78. The molecular weight excluding hydrogens is 304 g/mol. The maximum Gasteiger partial charge on any atom is 0.266 e. The van der Waals surface area contributed by atoms with Crippen LogP contribution in [0.2, 0.25) is 0 Å². The summed E-state index contributed by atoms with van der Waals surface area (Å²) in [6.45, 7) is 10.1. The van der Waals surface area contributed by atoms with Crippen LogP contribution in [0.15, 0.2) is 24.3 Å². The Kier molecular flexibility index (Phi) is 3.94. The highest BCUT2D eigenvalue weighted by atomic mass is 32.1. The fourth-order valence-corrected chi connectivity index (χ4v) is 4.22. The molecule has 1 aromatic carbocycles. The van der Waals surface area contributed by atoms with Crippen molar-refractivity contribution in [3.8, 4) is 0 Å². The van der Waals surface area contributed by atoms with Crippen molar-refractivity contribution in [3.05, 3.63) is 57.1 Å². The summed E-state index contributed by atoms with van der Waals surface area (Å²) >= 11 is 1.47. The van der Waals surface area contributed by atoms with Gasteiger partial charge in [-0.05, 0) is 62.9 Å². The van der Waals surface area contributed by atoms with Gasteiger partial charge in [0.1, 0.15) is 4.83 Å². The van der Waals surface area contributed by atoms with Crippen molar-refractivity contribution in [3.63, 3.8) is 0 Å². The minimum Gasteiger partial charge on any atom is -0.321 e. The zero-order chi connectivity index (χ0) is 16.7. The lowest BCUT2D eigenvalue weighted by atomic mass is 10.1. The Balaban J connectivity index is 2.05. The molecular formula is C19H20N2OS. The molecule has 0 saturated heterocycles. The maximum absolute atomic E-state index is 12.8. The molecule has 0 radical (unpaired) electrons. The van der Waals surface area contributed by atoms with Gasteiger partial charge >= 0.3 is 0 Å². The summed E-state index contributed by atoms with van der Waals surface area (Å²) in [5.74, 6) is -0.0556. The average molecular weight is 324 g/mol. The first-order chi connectivity index (χ1) is 10.9. The number of nitrogens with zero attached hydrogens (tertiary/aromatic N) is 1. The molecule has 0 unspecified atom stereocenters. The third-order valence-electron chi connectivity index (χ3n) is 4.15. The highest BCUT2D eigenvalue weighted by Gasteiger charge is 2.19. The number of pyridine rings is 1. The standard InChI is InChI=1S/C19H20N2OS/c1-10-7-6-8-11(2)16(10)21-18(22)17-14(5)15-12(3)9-13(4)20-19(15)23-17/h6-9H,1-5H3,(H,21,22). The molecule has 4 heteroatoms. The van der Waals surface area contributed by atoms with E-state index in [-0.39, 0.29) is 5.91 Å². The van der Waals surface area contributed by atoms with Crippen molar-refractivity contribution in [2.45, 2.75) is 34.6 Å². The van der Waals surface area contributed by atoms with Crippen LogP contribution in [-0.4, -0.2) is 10.9 Å². The van der Waals surface area contributed by atoms with Crippen molar-refractivity contribution in [2.24, 2.45) is 0 Å². The summed E-state index contributed by atoms with van der Waals surface area (Å²) in [7, 11) is 0. The number of carbonyl (C=O) groups is 1. The zero-order valence-corrected chi connectivity index (χ0v) is 14.9. The van der Waals surface area contributed by atoms with Gasteiger partial charge in [-0.3, -0.25) is 4.79 Å². The Hall–Kier alpha value is -2.20. The lowest BCUT2D eigenvalue weighted by Crippen LogP contribution is -2.13. The van der Waals surface area contributed by atoms with E-state index in [9.17, 15) is 4.79 Å². The molecule has 23 heavy (non-hydrogen) atoms. The first-order valence-corrected chi connectivity index (χ1v) is 8.45. The summed E-state index contributed by atoms with van der Waals surface area (Å²) in [6, 6.07) is 8.08. The number of aryl methyl sites for hydroxylation is 5. The van der Waals surface area contributed by atoms with E-state index in [1.54, 1.807) is 0 Å². The molecule has 0 aliphatic rings. The van der Waals surface area contributed by atoms with E-state index < -0.39 is 0 Å². The SMILES string of the molecule is Cc1cc(C)c2c(C)c(C(=O)Nc3c(C)cccc3C)sc2n1. The van der Waals surface area contributed by atoms with Gasteiger partial charge in [-0.2, -0.15) is 0 Å². The largest absolute Gasteiger partial charge is 0.321 e.